The Morgan fingerprint density at radius 3 is 2.71 bits per heavy atom. The minimum atomic E-state index is 0.802. The van der Waals surface area contributed by atoms with Crippen LogP contribution in [0.1, 0.15) is 17.5 Å². The van der Waals surface area contributed by atoms with E-state index in [0.29, 0.717) is 0 Å². The summed E-state index contributed by atoms with van der Waals surface area (Å²) in [4.78, 5) is 3.72. The smallest absolute Gasteiger partial charge is 0.107 e. The SMILES string of the molecule is c1ccc(Cn2cc(CNCCCN3CCOCC3)c(-c3cccs3)n2)cc1. The number of hydrogen-bond acceptors (Lipinski definition) is 5. The van der Waals surface area contributed by atoms with Gasteiger partial charge in [0, 0.05) is 31.4 Å². The first-order valence-corrected chi connectivity index (χ1v) is 10.9. The summed E-state index contributed by atoms with van der Waals surface area (Å²) in [7, 11) is 0. The van der Waals surface area contributed by atoms with E-state index in [1.165, 1.54) is 16.0 Å². The van der Waals surface area contributed by atoms with Crippen LogP contribution in [0.25, 0.3) is 10.6 Å². The fraction of sp³-hybridized carbons (Fsp3) is 0.409. The number of nitrogens with zero attached hydrogens (tertiary/aromatic N) is 3. The van der Waals surface area contributed by atoms with Crippen molar-refractivity contribution in [3.8, 4) is 10.6 Å². The summed E-state index contributed by atoms with van der Waals surface area (Å²) < 4.78 is 7.48. The van der Waals surface area contributed by atoms with Gasteiger partial charge in [0.1, 0.15) is 5.69 Å². The average Bonchev–Trinajstić information content (AvgIpc) is 3.39. The molecule has 1 aliphatic rings. The topological polar surface area (TPSA) is 42.3 Å². The van der Waals surface area contributed by atoms with Crippen LogP contribution in [0.3, 0.4) is 0 Å². The highest BCUT2D eigenvalue weighted by Crippen LogP contribution is 2.27. The maximum Gasteiger partial charge on any atom is 0.107 e. The quantitative estimate of drug-likeness (QED) is 0.563. The van der Waals surface area contributed by atoms with Gasteiger partial charge in [0.15, 0.2) is 0 Å². The molecule has 1 aliphatic heterocycles. The molecule has 2 aromatic heterocycles. The first-order valence-electron chi connectivity index (χ1n) is 10.0. The van der Waals surface area contributed by atoms with Gasteiger partial charge in [-0.05, 0) is 36.5 Å². The minimum absolute atomic E-state index is 0.802. The highest BCUT2D eigenvalue weighted by atomic mass is 32.1. The summed E-state index contributed by atoms with van der Waals surface area (Å²) in [6, 6.07) is 14.8. The van der Waals surface area contributed by atoms with Crippen LogP contribution in [-0.4, -0.2) is 54.1 Å². The largest absolute Gasteiger partial charge is 0.379 e. The lowest BCUT2D eigenvalue weighted by Gasteiger charge is -2.26. The van der Waals surface area contributed by atoms with Crippen molar-refractivity contribution in [2.75, 3.05) is 39.4 Å². The van der Waals surface area contributed by atoms with Gasteiger partial charge in [0.25, 0.3) is 0 Å². The third-order valence-corrected chi connectivity index (χ3v) is 5.90. The molecule has 5 nitrogen and oxygen atoms in total. The van der Waals surface area contributed by atoms with Crippen molar-refractivity contribution < 1.29 is 4.74 Å². The van der Waals surface area contributed by atoms with Crippen LogP contribution in [0.15, 0.2) is 54.0 Å². The summed E-state index contributed by atoms with van der Waals surface area (Å²) in [5, 5.41) is 10.6. The van der Waals surface area contributed by atoms with Gasteiger partial charge >= 0.3 is 0 Å². The molecule has 148 valence electrons. The highest BCUT2D eigenvalue weighted by molar-refractivity contribution is 7.13. The van der Waals surface area contributed by atoms with Crippen LogP contribution in [0, 0.1) is 0 Å². The van der Waals surface area contributed by atoms with Crippen molar-refractivity contribution in [1.29, 1.82) is 0 Å². The molecule has 1 N–H and O–H groups in total. The normalized spacial score (nSPS) is 15.1. The summed E-state index contributed by atoms with van der Waals surface area (Å²) in [6.45, 7) is 7.69. The molecular weight excluding hydrogens is 368 g/mol. The Balaban J connectivity index is 1.35. The van der Waals surface area contributed by atoms with Gasteiger partial charge in [-0.1, -0.05) is 36.4 Å². The van der Waals surface area contributed by atoms with Crippen molar-refractivity contribution in [1.82, 2.24) is 20.0 Å². The van der Waals surface area contributed by atoms with Gasteiger partial charge in [-0.3, -0.25) is 9.58 Å². The predicted octanol–water partition coefficient (Wildman–Crippen LogP) is 3.47. The van der Waals surface area contributed by atoms with E-state index in [0.717, 1.165) is 64.6 Å². The van der Waals surface area contributed by atoms with Crippen LogP contribution in [0.5, 0.6) is 0 Å². The van der Waals surface area contributed by atoms with E-state index in [9.17, 15) is 0 Å². The van der Waals surface area contributed by atoms with Crippen LogP contribution in [0.2, 0.25) is 0 Å². The first-order chi connectivity index (χ1) is 13.9. The van der Waals surface area contributed by atoms with Crippen LogP contribution >= 0.6 is 11.3 Å². The van der Waals surface area contributed by atoms with E-state index in [1.54, 1.807) is 11.3 Å². The van der Waals surface area contributed by atoms with Crippen LogP contribution in [-0.2, 0) is 17.8 Å². The maximum absolute atomic E-state index is 5.41. The summed E-state index contributed by atoms with van der Waals surface area (Å²) in [6.07, 6.45) is 3.35. The Morgan fingerprint density at radius 1 is 1.07 bits per heavy atom. The molecule has 1 fully saturated rings. The number of benzene rings is 1. The summed E-state index contributed by atoms with van der Waals surface area (Å²) in [5.41, 5.74) is 3.64. The molecule has 0 amide bonds. The molecule has 28 heavy (non-hydrogen) atoms. The van der Waals surface area contributed by atoms with Crippen molar-refractivity contribution in [3.05, 3.63) is 65.2 Å². The minimum Gasteiger partial charge on any atom is -0.379 e. The first kappa shape index (κ1) is 19.3. The van der Waals surface area contributed by atoms with E-state index < -0.39 is 0 Å². The lowest BCUT2D eigenvalue weighted by molar-refractivity contribution is 0.0374. The molecule has 1 aromatic carbocycles. The maximum atomic E-state index is 5.41. The van der Waals surface area contributed by atoms with E-state index in [1.807, 2.05) is 0 Å². The molecule has 3 aromatic rings. The van der Waals surface area contributed by atoms with E-state index in [4.69, 9.17) is 9.84 Å². The predicted molar refractivity (Wildman–Crippen MR) is 115 cm³/mol. The number of morpholine rings is 1. The molecule has 0 unspecified atom stereocenters. The lowest BCUT2D eigenvalue weighted by Crippen LogP contribution is -2.37. The average molecular weight is 397 g/mol. The number of hydrogen-bond donors (Lipinski definition) is 1. The van der Waals surface area contributed by atoms with Gasteiger partial charge in [-0.2, -0.15) is 5.10 Å². The Hall–Kier alpha value is -1.99. The second-order valence-corrected chi connectivity index (χ2v) is 8.10. The Bertz CT molecular complexity index is 826. The van der Waals surface area contributed by atoms with Gasteiger partial charge in [-0.15, -0.1) is 11.3 Å². The second kappa shape index (κ2) is 9.98. The third kappa shape index (κ3) is 5.29. The third-order valence-electron chi connectivity index (χ3n) is 5.03. The molecule has 0 atom stereocenters. The molecule has 4 rings (SSSR count). The molecular formula is C22H28N4OS. The molecule has 3 heterocycles. The molecule has 0 spiro atoms. The van der Waals surface area contributed by atoms with Gasteiger partial charge in [0.05, 0.1) is 24.6 Å². The second-order valence-electron chi connectivity index (χ2n) is 7.15. The van der Waals surface area contributed by atoms with Gasteiger partial charge in [-0.25, -0.2) is 0 Å². The van der Waals surface area contributed by atoms with E-state index in [-0.39, 0.29) is 0 Å². The standard InChI is InChI=1S/C22H28N4OS/c1-2-6-19(7-3-1)17-26-18-20(22(24-26)21-8-4-15-28-21)16-23-9-5-10-25-11-13-27-14-12-25/h1-4,6-8,15,18,23H,5,9-14,16-17H2. The number of nitrogens with one attached hydrogen (secondary N) is 1. The van der Waals surface area contributed by atoms with E-state index in [2.05, 4.69) is 68.9 Å². The monoisotopic (exact) mass is 396 g/mol. The van der Waals surface area contributed by atoms with Crippen molar-refractivity contribution in [3.63, 3.8) is 0 Å². The molecule has 0 radical (unpaired) electrons. The molecule has 6 heteroatoms. The zero-order chi connectivity index (χ0) is 19.0. The van der Waals surface area contributed by atoms with E-state index >= 15 is 0 Å². The van der Waals surface area contributed by atoms with Crippen molar-refractivity contribution >= 4 is 11.3 Å². The summed E-state index contributed by atoms with van der Waals surface area (Å²) in [5.74, 6) is 0. The van der Waals surface area contributed by atoms with Crippen LogP contribution < -0.4 is 5.32 Å². The van der Waals surface area contributed by atoms with Crippen molar-refractivity contribution in [2.45, 2.75) is 19.5 Å². The highest BCUT2D eigenvalue weighted by Gasteiger charge is 2.13. The Labute approximate surface area is 170 Å². The Kier molecular flexibility index (Phi) is 6.89. The van der Waals surface area contributed by atoms with Crippen molar-refractivity contribution in [2.24, 2.45) is 0 Å². The fourth-order valence-corrected chi connectivity index (χ4v) is 4.28. The molecule has 0 saturated carbocycles. The number of aromatic nitrogens is 2. The van der Waals surface area contributed by atoms with Gasteiger partial charge < -0.3 is 10.1 Å². The Morgan fingerprint density at radius 2 is 1.93 bits per heavy atom. The number of rotatable bonds is 9. The number of ether oxygens (including phenoxy) is 1. The van der Waals surface area contributed by atoms with Gasteiger partial charge in [0.2, 0.25) is 0 Å². The summed E-state index contributed by atoms with van der Waals surface area (Å²) >= 11 is 1.75. The lowest BCUT2D eigenvalue weighted by atomic mass is 10.2. The molecule has 1 saturated heterocycles. The fourth-order valence-electron chi connectivity index (χ4n) is 3.54. The van der Waals surface area contributed by atoms with Crippen LogP contribution in [0.4, 0.5) is 0 Å². The zero-order valence-corrected chi connectivity index (χ0v) is 17.0. The number of thiophene rings is 1. The zero-order valence-electron chi connectivity index (χ0n) is 16.2. The molecule has 0 bridgehead atoms. The molecule has 0 aliphatic carbocycles.